The summed E-state index contributed by atoms with van der Waals surface area (Å²) in [6.07, 6.45) is 1.18. The van der Waals surface area contributed by atoms with Crippen molar-refractivity contribution in [1.29, 1.82) is 0 Å². The van der Waals surface area contributed by atoms with E-state index in [4.69, 9.17) is 0 Å². The van der Waals surface area contributed by atoms with E-state index in [1.54, 1.807) is 11.3 Å². The molecule has 3 nitrogen and oxygen atoms in total. The number of aryl methyl sites for hydroxylation is 1. The van der Waals surface area contributed by atoms with Crippen molar-refractivity contribution in [2.45, 2.75) is 34.1 Å². The average molecular weight is 277 g/mol. The molecule has 1 N–H and O–H groups in total. The normalized spacial score (nSPS) is 11.3. The quantitative estimate of drug-likeness (QED) is 0.886. The zero-order chi connectivity index (χ0) is 14.0. The maximum atomic E-state index is 4.69. The molecule has 0 saturated heterocycles. The first-order valence-corrected chi connectivity index (χ1v) is 7.69. The van der Waals surface area contributed by atoms with Crippen LogP contribution in [0.15, 0.2) is 11.4 Å². The summed E-state index contributed by atoms with van der Waals surface area (Å²) >= 11 is 1.69. The minimum Gasteiger partial charge on any atom is -0.361 e. The van der Waals surface area contributed by atoms with Gasteiger partial charge in [0.2, 0.25) is 0 Å². The van der Waals surface area contributed by atoms with E-state index in [0.717, 1.165) is 23.3 Å². The van der Waals surface area contributed by atoms with E-state index in [-0.39, 0.29) is 0 Å². The molecular weight excluding hydrogens is 254 g/mol. The van der Waals surface area contributed by atoms with Crippen molar-refractivity contribution in [2.24, 2.45) is 13.0 Å². The van der Waals surface area contributed by atoms with Crippen LogP contribution in [0.1, 0.15) is 31.7 Å². The summed E-state index contributed by atoms with van der Waals surface area (Å²) in [5.74, 6) is 0.728. The van der Waals surface area contributed by atoms with Crippen molar-refractivity contribution in [2.75, 3.05) is 11.9 Å². The third-order valence-electron chi connectivity index (χ3n) is 3.55. The first-order chi connectivity index (χ1) is 8.99. The summed E-state index contributed by atoms with van der Waals surface area (Å²) in [5, 5.41) is 6.57. The van der Waals surface area contributed by atoms with Crippen molar-refractivity contribution in [3.8, 4) is 11.3 Å². The van der Waals surface area contributed by atoms with Gasteiger partial charge in [0.25, 0.3) is 0 Å². The molecule has 0 aliphatic heterocycles. The Balaban J connectivity index is 2.10. The Hall–Kier alpha value is -1.29. The van der Waals surface area contributed by atoms with Gasteiger partial charge in [0, 0.05) is 35.9 Å². The van der Waals surface area contributed by atoms with Crippen LogP contribution in [-0.2, 0) is 7.05 Å². The van der Waals surface area contributed by atoms with Gasteiger partial charge in [-0.3, -0.25) is 0 Å². The van der Waals surface area contributed by atoms with E-state index in [1.807, 2.05) is 0 Å². The van der Waals surface area contributed by atoms with Crippen LogP contribution in [0.3, 0.4) is 0 Å². The lowest BCUT2D eigenvalue weighted by Gasteiger charge is -2.04. The van der Waals surface area contributed by atoms with Gasteiger partial charge in [-0.25, -0.2) is 4.98 Å². The maximum absolute atomic E-state index is 4.69. The molecule has 19 heavy (non-hydrogen) atoms. The fourth-order valence-electron chi connectivity index (χ4n) is 2.06. The SMILES string of the molecule is Cc1cc(-c2csc(NCCC(C)C)n2)c(C)n1C. The Morgan fingerprint density at radius 3 is 2.68 bits per heavy atom. The van der Waals surface area contributed by atoms with Crippen LogP contribution in [0, 0.1) is 19.8 Å². The first-order valence-electron chi connectivity index (χ1n) is 6.81. The predicted octanol–water partition coefficient (Wildman–Crippen LogP) is 4.22. The topological polar surface area (TPSA) is 29.9 Å². The third kappa shape index (κ3) is 3.18. The highest BCUT2D eigenvalue weighted by molar-refractivity contribution is 7.14. The number of thiazole rings is 1. The summed E-state index contributed by atoms with van der Waals surface area (Å²) in [6.45, 7) is 9.76. The summed E-state index contributed by atoms with van der Waals surface area (Å²) in [7, 11) is 2.10. The van der Waals surface area contributed by atoms with Crippen molar-refractivity contribution in [3.63, 3.8) is 0 Å². The van der Waals surface area contributed by atoms with Gasteiger partial charge in [0.15, 0.2) is 5.13 Å². The molecule has 104 valence electrons. The van der Waals surface area contributed by atoms with Crippen molar-refractivity contribution < 1.29 is 0 Å². The molecule has 0 aromatic carbocycles. The summed E-state index contributed by atoms with van der Waals surface area (Å²) in [4.78, 5) is 4.69. The fraction of sp³-hybridized carbons (Fsp3) is 0.533. The summed E-state index contributed by atoms with van der Waals surface area (Å²) < 4.78 is 2.21. The highest BCUT2D eigenvalue weighted by atomic mass is 32.1. The average Bonchev–Trinajstić information content (AvgIpc) is 2.90. The second kappa shape index (κ2) is 5.78. The van der Waals surface area contributed by atoms with Gasteiger partial charge >= 0.3 is 0 Å². The van der Waals surface area contributed by atoms with Crippen LogP contribution >= 0.6 is 11.3 Å². The number of nitrogens with zero attached hydrogens (tertiary/aromatic N) is 2. The molecule has 0 unspecified atom stereocenters. The number of anilines is 1. The van der Waals surface area contributed by atoms with Crippen molar-refractivity contribution in [1.82, 2.24) is 9.55 Å². The zero-order valence-electron chi connectivity index (χ0n) is 12.4. The number of aromatic nitrogens is 2. The van der Waals surface area contributed by atoms with E-state index in [1.165, 1.54) is 23.4 Å². The van der Waals surface area contributed by atoms with Crippen LogP contribution in [0.2, 0.25) is 0 Å². The Morgan fingerprint density at radius 2 is 2.11 bits per heavy atom. The van der Waals surface area contributed by atoms with Crippen LogP contribution < -0.4 is 5.32 Å². The Kier molecular flexibility index (Phi) is 4.30. The number of hydrogen-bond donors (Lipinski definition) is 1. The molecule has 0 atom stereocenters. The molecule has 0 amide bonds. The van der Waals surface area contributed by atoms with Gasteiger partial charge in [-0.1, -0.05) is 13.8 Å². The van der Waals surface area contributed by atoms with E-state index >= 15 is 0 Å². The van der Waals surface area contributed by atoms with Gasteiger partial charge in [0.1, 0.15) is 0 Å². The van der Waals surface area contributed by atoms with E-state index in [0.29, 0.717) is 0 Å². The number of hydrogen-bond acceptors (Lipinski definition) is 3. The number of rotatable bonds is 5. The van der Waals surface area contributed by atoms with E-state index < -0.39 is 0 Å². The van der Waals surface area contributed by atoms with Gasteiger partial charge in [-0.2, -0.15) is 0 Å². The van der Waals surface area contributed by atoms with Gasteiger partial charge in [-0.05, 0) is 32.3 Å². The first kappa shape index (κ1) is 14.1. The van der Waals surface area contributed by atoms with Crippen LogP contribution in [0.4, 0.5) is 5.13 Å². The molecule has 0 fully saturated rings. The van der Waals surface area contributed by atoms with Gasteiger partial charge in [-0.15, -0.1) is 11.3 Å². The molecule has 2 rings (SSSR count). The largest absolute Gasteiger partial charge is 0.361 e. The van der Waals surface area contributed by atoms with Crippen LogP contribution in [0.5, 0.6) is 0 Å². The van der Waals surface area contributed by atoms with E-state index in [9.17, 15) is 0 Å². The third-order valence-corrected chi connectivity index (χ3v) is 4.35. The Bertz CT molecular complexity index is 552. The Labute approximate surface area is 119 Å². The fourth-order valence-corrected chi connectivity index (χ4v) is 2.80. The molecule has 2 aromatic heterocycles. The second-order valence-corrected chi connectivity index (χ2v) is 6.35. The predicted molar refractivity (Wildman–Crippen MR) is 83.9 cm³/mol. The van der Waals surface area contributed by atoms with Crippen molar-refractivity contribution >= 4 is 16.5 Å². The molecule has 2 aromatic rings. The van der Waals surface area contributed by atoms with Crippen LogP contribution in [0.25, 0.3) is 11.3 Å². The standard InChI is InChI=1S/C15H23N3S/c1-10(2)6-7-16-15-17-14(9-19-15)13-8-11(3)18(5)12(13)4/h8-10H,6-7H2,1-5H3,(H,16,17). The molecule has 0 aliphatic carbocycles. The second-order valence-electron chi connectivity index (χ2n) is 5.49. The molecule has 0 bridgehead atoms. The van der Waals surface area contributed by atoms with Gasteiger partial charge in [0.05, 0.1) is 5.69 Å². The summed E-state index contributed by atoms with van der Waals surface area (Å²) in [6, 6.07) is 2.21. The summed E-state index contributed by atoms with van der Waals surface area (Å²) in [5.41, 5.74) is 4.87. The lowest BCUT2D eigenvalue weighted by atomic mass is 10.1. The molecular formula is C15H23N3S. The van der Waals surface area contributed by atoms with Crippen LogP contribution in [-0.4, -0.2) is 16.1 Å². The minimum absolute atomic E-state index is 0.728. The molecule has 0 saturated carbocycles. The zero-order valence-corrected chi connectivity index (χ0v) is 13.3. The highest BCUT2D eigenvalue weighted by Gasteiger charge is 2.11. The molecule has 4 heteroatoms. The molecule has 0 spiro atoms. The molecule has 0 aliphatic rings. The Morgan fingerprint density at radius 1 is 1.37 bits per heavy atom. The van der Waals surface area contributed by atoms with Crippen molar-refractivity contribution in [3.05, 3.63) is 22.8 Å². The smallest absolute Gasteiger partial charge is 0.183 e. The molecule has 0 radical (unpaired) electrons. The van der Waals surface area contributed by atoms with Gasteiger partial charge < -0.3 is 9.88 Å². The molecule has 2 heterocycles. The monoisotopic (exact) mass is 277 g/mol. The lowest BCUT2D eigenvalue weighted by Crippen LogP contribution is -2.04. The van der Waals surface area contributed by atoms with E-state index in [2.05, 4.69) is 61.1 Å². The maximum Gasteiger partial charge on any atom is 0.183 e. The lowest BCUT2D eigenvalue weighted by molar-refractivity contribution is 0.607. The number of nitrogens with one attached hydrogen (secondary N) is 1. The highest BCUT2D eigenvalue weighted by Crippen LogP contribution is 2.29. The minimum atomic E-state index is 0.728.